The monoisotopic (exact) mass is 865 g/mol. The lowest BCUT2D eigenvalue weighted by molar-refractivity contribution is -0.120. The fourth-order valence-electron chi connectivity index (χ4n) is 9.41. The molecule has 0 spiro atoms. The van der Waals surface area contributed by atoms with E-state index in [2.05, 4.69) is 53.4 Å². The van der Waals surface area contributed by atoms with Crippen molar-refractivity contribution in [1.29, 1.82) is 0 Å². The van der Waals surface area contributed by atoms with E-state index >= 15 is 0 Å². The average Bonchev–Trinajstić information content (AvgIpc) is 3.81. The van der Waals surface area contributed by atoms with Crippen LogP contribution in [0.25, 0.3) is 21.8 Å². The minimum Gasteiger partial charge on any atom is -0.395 e. The summed E-state index contributed by atoms with van der Waals surface area (Å²) < 4.78 is 4.84. The molecule has 4 N–H and O–H groups in total. The van der Waals surface area contributed by atoms with Crippen LogP contribution in [-0.4, -0.2) is 80.8 Å². The van der Waals surface area contributed by atoms with Crippen molar-refractivity contribution in [3.8, 4) is 0 Å². The van der Waals surface area contributed by atoms with Gasteiger partial charge in [0.1, 0.15) is 10.7 Å². The van der Waals surface area contributed by atoms with Crippen LogP contribution in [0, 0.1) is 12.8 Å². The molecule has 2 aliphatic heterocycles. The molecule has 15 heteroatoms. The van der Waals surface area contributed by atoms with E-state index in [9.17, 15) is 14.4 Å². The SMILES string of the molecule is Cc1cc(SNCCO)ccc1Nc1ncc2cc(Cl)c(=O)n(C3CCCC3)c2n1.O=C1CCN(c2cncc3cc(C4CCN(CC5CCCCC5)CC4)ccc23)C(=O)N1. The number of aryl methyl sites for hydroxylation is 1. The third-order valence-corrected chi connectivity index (χ3v) is 13.8. The van der Waals surface area contributed by atoms with Crippen molar-refractivity contribution in [2.75, 3.05) is 49.5 Å². The third kappa shape index (κ3) is 10.4. The van der Waals surface area contributed by atoms with Gasteiger partial charge in [-0.25, -0.2) is 9.78 Å². The Labute approximate surface area is 366 Å². The fourth-order valence-corrected chi connectivity index (χ4v) is 10.4. The molecule has 2 aromatic carbocycles. The number of aromatic nitrogens is 4. The first kappa shape index (κ1) is 43.1. The molecule has 13 nitrogen and oxygen atoms in total. The molecule has 0 radical (unpaired) electrons. The Balaban J connectivity index is 0.000000169. The van der Waals surface area contributed by atoms with Gasteiger partial charge in [0.2, 0.25) is 11.9 Å². The molecule has 0 atom stereocenters. The number of urea groups is 1. The molecular formula is C46H56ClN9O4S. The standard InChI is InChI=1S/C25H32N4O2.C21H24ClN5O2S/c30-24-10-13-29(25(31)27-24)23-16-26-15-21-14-20(6-7-22(21)23)19-8-11-28(12-9-19)17-18-4-2-1-3-5-18;1-13-10-16(30-24-8-9-28)6-7-18(13)25-21-23-12-14-11-17(22)20(29)27(19(14)26-21)15-4-2-3-5-15/h6-7,14-16,18-19H,1-5,8-13,17H2,(H,27,30,31);6-7,10-12,15,24,28H,2-5,8-9H2,1H3,(H,23,25,26). The number of pyridine rings is 2. The van der Waals surface area contributed by atoms with Crippen LogP contribution in [0.5, 0.6) is 0 Å². The molecule has 4 fully saturated rings. The smallest absolute Gasteiger partial charge is 0.328 e. The second kappa shape index (κ2) is 20.1. The van der Waals surface area contributed by atoms with Gasteiger partial charge in [-0.05, 0) is 124 Å². The van der Waals surface area contributed by atoms with Gasteiger partial charge in [0, 0.05) is 71.2 Å². The predicted molar refractivity (Wildman–Crippen MR) is 244 cm³/mol. The van der Waals surface area contributed by atoms with Crippen LogP contribution in [0.1, 0.15) is 100 Å². The van der Waals surface area contributed by atoms with E-state index in [0.717, 1.165) is 69.6 Å². The van der Waals surface area contributed by atoms with Gasteiger partial charge < -0.3 is 15.3 Å². The average molecular weight is 867 g/mol. The van der Waals surface area contributed by atoms with Gasteiger partial charge in [0.15, 0.2) is 0 Å². The number of fused-ring (bicyclic) bond motifs is 2. The molecule has 9 rings (SSSR count). The van der Waals surface area contributed by atoms with Crippen LogP contribution in [0.3, 0.4) is 0 Å². The molecule has 322 valence electrons. The number of benzene rings is 2. The number of nitrogens with one attached hydrogen (secondary N) is 3. The van der Waals surface area contributed by atoms with E-state index in [1.54, 1.807) is 27.9 Å². The van der Waals surface area contributed by atoms with Crippen molar-refractivity contribution in [1.82, 2.24) is 34.5 Å². The molecular weight excluding hydrogens is 810 g/mol. The lowest BCUT2D eigenvalue weighted by Crippen LogP contribution is -2.49. The van der Waals surface area contributed by atoms with Crippen molar-refractivity contribution in [2.45, 2.75) is 101 Å². The zero-order valence-electron chi connectivity index (χ0n) is 34.9. The molecule has 5 aromatic rings. The number of carbonyl (C=O) groups excluding carboxylic acids is 2. The summed E-state index contributed by atoms with van der Waals surface area (Å²) in [5.74, 6) is 1.73. The number of amides is 3. The van der Waals surface area contributed by atoms with E-state index < -0.39 is 0 Å². The van der Waals surface area contributed by atoms with Crippen molar-refractivity contribution in [2.24, 2.45) is 5.92 Å². The Morgan fingerprint density at radius 1 is 0.885 bits per heavy atom. The summed E-state index contributed by atoms with van der Waals surface area (Å²) in [5, 5.41) is 17.6. The summed E-state index contributed by atoms with van der Waals surface area (Å²) in [6.45, 7) is 6.71. The quantitative estimate of drug-likeness (QED) is 0.0744. The molecule has 0 unspecified atom stereocenters. The Bertz CT molecular complexity index is 2410. The Kier molecular flexibility index (Phi) is 14.2. The summed E-state index contributed by atoms with van der Waals surface area (Å²) >= 11 is 7.67. The molecule has 2 saturated heterocycles. The van der Waals surface area contributed by atoms with E-state index in [1.165, 1.54) is 82.1 Å². The summed E-state index contributed by atoms with van der Waals surface area (Å²) in [5.41, 5.74) is 4.52. The van der Waals surface area contributed by atoms with Crippen LogP contribution in [0.2, 0.25) is 5.02 Å². The first-order chi connectivity index (χ1) is 29.7. The summed E-state index contributed by atoms with van der Waals surface area (Å²) in [6, 6.07) is 14.0. The highest BCUT2D eigenvalue weighted by Crippen LogP contribution is 2.35. The number of piperidine rings is 1. The van der Waals surface area contributed by atoms with Gasteiger partial charge in [0.05, 0.1) is 18.5 Å². The lowest BCUT2D eigenvalue weighted by Gasteiger charge is -2.35. The number of anilines is 3. The second-order valence-electron chi connectivity index (χ2n) is 16.9. The van der Waals surface area contributed by atoms with Gasteiger partial charge in [0.25, 0.3) is 5.56 Å². The van der Waals surface area contributed by atoms with E-state index in [1.807, 2.05) is 31.3 Å². The minimum atomic E-state index is -0.361. The number of hydrogen-bond acceptors (Lipinski definition) is 11. The fraction of sp³-hybridized carbons (Fsp3) is 0.478. The Morgan fingerprint density at radius 2 is 1.67 bits per heavy atom. The lowest BCUT2D eigenvalue weighted by atomic mass is 9.86. The number of halogens is 1. The van der Waals surface area contributed by atoms with Gasteiger partial charge in [-0.1, -0.05) is 55.8 Å². The molecule has 0 bridgehead atoms. The summed E-state index contributed by atoms with van der Waals surface area (Å²) in [7, 11) is 0. The highest BCUT2D eigenvalue weighted by Gasteiger charge is 2.28. The number of aliphatic hydroxyl groups excluding tert-OH is 1. The van der Waals surface area contributed by atoms with Crippen LogP contribution < -0.4 is 25.8 Å². The zero-order valence-corrected chi connectivity index (χ0v) is 36.4. The van der Waals surface area contributed by atoms with Crippen LogP contribution in [0.15, 0.2) is 70.7 Å². The maximum atomic E-state index is 12.8. The maximum Gasteiger partial charge on any atom is 0.328 e. The number of nitrogens with zero attached hydrogens (tertiary/aromatic N) is 6. The summed E-state index contributed by atoms with van der Waals surface area (Å²) in [6.07, 6.45) is 19.3. The van der Waals surface area contributed by atoms with E-state index in [-0.39, 0.29) is 35.2 Å². The summed E-state index contributed by atoms with van der Waals surface area (Å²) in [4.78, 5) is 55.4. The number of imide groups is 1. The van der Waals surface area contributed by atoms with Crippen molar-refractivity contribution in [3.63, 3.8) is 0 Å². The van der Waals surface area contributed by atoms with Crippen LogP contribution in [0.4, 0.5) is 22.1 Å². The molecule has 5 heterocycles. The molecule has 2 aliphatic carbocycles. The zero-order chi connectivity index (χ0) is 42.3. The van der Waals surface area contributed by atoms with Gasteiger partial charge >= 0.3 is 6.03 Å². The number of rotatable bonds is 11. The molecule has 2 saturated carbocycles. The topological polar surface area (TPSA) is 158 Å². The van der Waals surface area contributed by atoms with Crippen LogP contribution in [-0.2, 0) is 4.79 Å². The van der Waals surface area contributed by atoms with E-state index in [4.69, 9.17) is 16.7 Å². The number of hydrogen-bond donors (Lipinski definition) is 4. The highest BCUT2D eigenvalue weighted by atomic mass is 35.5. The number of aliphatic hydroxyl groups is 1. The van der Waals surface area contributed by atoms with Crippen molar-refractivity contribution >= 4 is 74.6 Å². The van der Waals surface area contributed by atoms with Gasteiger partial charge in [-0.15, -0.1) is 0 Å². The van der Waals surface area contributed by atoms with E-state index in [0.29, 0.717) is 37.0 Å². The molecule has 3 aromatic heterocycles. The minimum absolute atomic E-state index is 0.0993. The Morgan fingerprint density at radius 3 is 2.43 bits per heavy atom. The normalized spacial score (nSPS) is 18.4. The van der Waals surface area contributed by atoms with Crippen LogP contribution >= 0.6 is 23.5 Å². The third-order valence-electron chi connectivity index (χ3n) is 12.7. The van der Waals surface area contributed by atoms with Crippen molar-refractivity contribution < 1.29 is 14.7 Å². The first-order valence-electron chi connectivity index (χ1n) is 21.9. The molecule has 3 amide bonds. The highest BCUT2D eigenvalue weighted by molar-refractivity contribution is 7.97. The van der Waals surface area contributed by atoms with Gasteiger partial charge in [-0.3, -0.25) is 34.1 Å². The first-order valence-corrected chi connectivity index (χ1v) is 23.1. The second-order valence-corrected chi connectivity index (χ2v) is 18.2. The number of carbonyl (C=O) groups is 2. The van der Waals surface area contributed by atoms with Gasteiger partial charge in [-0.2, -0.15) is 4.98 Å². The molecule has 4 aliphatic rings. The Hall–Kier alpha value is -4.60. The largest absolute Gasteiger partial charge is 0.395 e. The maximum absolute atomic E-state index is 12.8. The number of likely N-dealkylation sites (tertiary alicyclic amines) is 1. The molecule has 61 heavy (non-hydrogen) atoms. The van der Waals surface area contributed by atoms with Crippen molar-refractivity contribution in [3.05, 3.63) is 87.6 Å². The predicted octanol–water partition coefficient (Wildman–Crippen LogP) is 8.64.